The van der Waals surface area contributed by atoms with Crippen LogP contribution in [0.2, 0.25) is 0 Å². The lowest BCUT2D eigenvalue weighted by molar-refractivity contribution is 1.33. The van der Waals surface area contributed by atoms with Gasteiger partial charge in [0, 0.05) is 16.7 Å². The second-order valence-electron chi connectivity index (χ2n) is 6.30. The zero-order chi connectivity index (χ0) is 17.2. The molecule has 120 valence electrons. The number of rotatable bonds is 1. The van der Waals surface area contributed by atoms with Gasteiger partial charge in [-0.05, 0) is 55.8 Å². The molecule has 0 aliphatic heterocycles. The standard InChI is InChI=1S/C23H18N2/c1-16-3-6-18(7-4-16)8-9-19-10-12-20(13-11-19)23-24-21-14-5-17(2)15-22(21)25-23/h3-7,10-15H,1-2H3,(H,24,25). The van der Waals surface area contributed by atoms with Crippen LogP contribution >= 0.6 is 0 Å². The topological polar surface area (TPSA) is 28.7 Å². The van der Waals surface area contributed by atoms with Crippen molar-refractivity contribution < 1.29 is 0 Å². The van der Waals surface area contributed by atoms with Gasteiger partial charge in [-0.3, -0.25) is 0 Å². The molecular formula is C23H18N2. The lowest BCUT2D eigenvalue weighted by Gasteiger charge is -1.97. The van der Waals surface area contributed by atoms with Crippen LogP contribution in [0.4, 0.5) is 0 Å². The van der Waals surface area contributed by atoms with Gasteiger partial charge in [-0.2, -0.15) is 0 Å². The van der Waals surface area contributed by atoms with E-state index in [1.54, 1.807) is 0 Å². The number of H-pyrrole nitrogens is 1. The third-order valence-electron chi connectivity index (χ3n) is 4.20. The van der Waals surface area contributed by atoms with Gasteiger partial charge in [0.1, 0.15) is 5.82 Å². The predicted molar refractivity (Wildman–Crippen MR) is 103 cm³/mol. The molecule has 25 heavy (non-hydrogen) atoms. The highest BCUT2D eigenvalue weighted by molar-refractivity contribution is 5.80. The molecule has 0 fully saturated rings. The van der Waals surface area contributed by atoms with Crippen LogP contribution in [0.3, 0.4) is 0 Å². The Morgan fingerprint density at radius 3 is 2.00 bits per heavy atom. The van der Waals surface area contributed by atoms with Crippen molar-refractivity contribution in [3.63, 3.8) is 0 Å². The average molecular weight is 322 g/mol. The van der Waals surface area contributed by atoms with Crippen molar-refractivity contribution in [3.8, 4) is 23.2 Å². The van der Waals surface area contributed by atoms with E-state index in [9.17, 15) is 0 Å². The molecule has 0 radical (unpaired) electrons. The van der Waals surface area contributed by atoms with Crippen LogP contribution in [0, 0.1) is 25.7 Å². The number of aromatic amines is 1. The number of hydrogen-bond acceptors (Lipinski definition) is 1. The Labute approximate surface area is 147 Å². The molecule has 0 aliphatic rings. The van der Waals surface area contributed by atoms with E-state index in [2.05, 4.69) is 72.1 Å². The molecule has 0 bridgehead atoms. The predicted octanol–water partition coefficient (Wildman–Crippen LogP) is 5.25. The Balaban J connectivity index is 1.60. The lowest BCUT2D eigenvalue weighted by atomic mass is 10.1. The Kier molecular flexibility index (Phi) is 3.84. The summed E-state index contributed by atoms with van der Waals surface area (Å²) in [6, 6.07) is 22.7. The summed E-state index contributed by atoms with van der Waals surface area (Å²) in [6.07, 6.45) is 0. The van der Waals surface area contributed by atoms with Gasteiger partial charge in [-0.15, -0.1) is 0 Å². The maximum absolute atomic E-state index is 4.66. The van der Waals surface area contributed by atoms with E-state index in [-0.39, 0.29) is 0 Å². The summed E-state index contributed by atoms with van der Waals surface area (Å²) in [5, 5.41) is 0. The number of aryl methyl sites for hydroxylation is 2. The number of imidazole rings is 1. The molecule has 1 aromatic heterocycles. The van der Waals surface area contributed by atoms with Crippen LogP contribution in [0.1, 0.15) is 22.3 Å². The van der Waals surface area contributed by atoms with E-state index < -0.39 is 0 Å². The number of nitrogens with one attached hydrogen (secondary N) is 1. The van der Waals surface area contributed by atoms with Gasteiger partial charge < -0.3 is 4.98 Å². The molecule has 4 aromatic rings. The van der Waals surface area contributed by atoms with E-state index in [1.807, 2.05) is 30.3 Å². The summed E-state index contributed by atoms with van der Waals surface area (Å²) in [5.41, 5.74) is 7.62. The summed E-state index contributed by atoms with van der Waals surface area (Å²) < 4.78 is 0. The van der Waals surface area contributed by atoms with Crippen molar-refractivity contribution >= 4 is 11.0 Å². The van der Waals surface area contributed by atoms with Gasteiger partial charge in [0.15, 0.2) is 0 Å². The van der Waals surface area contributed by atoms with Gasteiger partial charge in [0.05, 0.1) is 11.0 Å². The highest BCUT2D eigenvalue weighted by atomic mass is 14.9. The SMILES string of the molecule is Cc1ccc(C#Cc2ccc(-c3nc4ccc(C)cc4[nH]3)cc2)cc1. The zero-order valence-electron chi connectivity index (χ0n) is 14.3. The summed E-state index contributed by atoms with van der Waals surface area (Å²) in [4.78, 5) is 8.05. The van der Waals surface area contributed by atoms with Crippen LogP contribution in [0.5, 0.6) is 0 Å². The third-order valence-corrected chi connectivity index (χ3v) is 4.20. The minimum atomic E-state index is 0.888. The molecule has 1 heterocycles. The monoisotopic (exact) mass is 322 g/mol. The van der Waals surface area contributed by atoms with E-state index in [4.69, 9.17) is 0 Å². The molecule has 2 nitrogen and oxygen atoms in total. The zero-order valence-corrected chi connectivity index (χ0v) is 14.3. The minimum Gasteiger partial charge on any atom is -0.338 e. The number of aromatic nitrogens is 2. The quantitative estimate of drug-likeness (QED) is 0.477. The van der Waals surface area contributed by atoms with Crippen molar-refractivity contribution in [1.82, 2.24) is 9.97 Å². The minimum absolute atomic E-state index is 0.888. The van der Waals surface area contributed by atoms with E-state index in [0.29, 0.717) is 0 Å². The van der Waals surface area contributed by atoms with Crippen LogP contribution in [-0.2, 0) is 0 Å². The molecule has 0 amide bonds. The molecule has 0 spiro atoms. The van der Waals surface area contributed by atoms with Gasteiger partial charge in [-0.1, -0.05) is 47.7 Å². The molecule has 0 saturated heterocycles. The molecule has 0 saturated carbocycles. The Morgan fingerprint density at radius 1 is 0.720 bits per heavy atom. The maximum Gasteiger partial charge on any atom is 0.138 e. The molecule has 3 aromatic carbocycles. The largest absolute Gasteiger partial charge is 0.338 e. The van der Waals surface area contributed by atoms with Gasteiger partial charge >= 0.3 is 0 Å². The maximum atomic E-state index is 4.66. The molecular weight excluding hydrogens is 304 g/mol. The van der Waals surface area contributed by atoms with E-state index in [0.717, 1.165) is 33.5 Å². The van der Waals surface area contributed by atoms with Crippen molar-refractivity contribution in [2.45, 2.75) is 13.8 Å². The molecule has 1 N–H and O–H groups in total. The number of nitrogens with zero attached hydrogens (tertiary/aromatic N) is 1. The van der Waals surface area contributed by atoms with E-state index >= 15 is 0 Å². The normalized spacial score (nSPS) is 10.5. The second-order valence-corrected chi connectivity index (χ2v) is 6.30. The summed E-state index contributed by atoms with van der Waals surface area (Å²) >= 11 is 0. The highest BCUT2D eigenvalue weighted by Gasteiger charge is 2.05. The lowest BCUT2D eigenvalue weighted by Crippen LogP contribution is -1.81. The van der Waals surface area contributed by atoms with Crippen molar-refractivity contribution in [2.24, 2.45) is 0 Å². The number of hydrogen-bond donors (Lipinski definition) is 1. The summed E-state index contributed by atoms with van der Waals surface area (Å²) in [5.74, 6) is 7.30. The Morgan fingerprint density at radius 2 is 1.32 bits per heavy atom. The smallest absolute Gasteiger partial charge is 0.138 e. The number of fused-ring (bicyclic) bond motifs is 1. The summed E-state index contributed by atoms with van der Waals surface area (Å²) in [7, 11) is 0. The Hall–Kier alpha value is -3.31. The third kappa shape index (κ3) is 3.32. The van der Waals surface area contributed by atoms with Crippen molar-refractivity contribution in [2.75, 3.05) is 0 Å². The summed E-state index contributed by atoms with van der Waals surface area (Å²) in [6.45, 7) is 4.16. The molecule has 0 aliphatic carbocycles. The first-order valence-corrected chi connectivity index (χ1v) is 8.33. The van der Waals surface area contributed by atoms with Crippen molar-refractivity contribution in [3.05, 3.63) is 89.0 Å². The van der Waals surface area contributed by atoms with Gasteiger partial charge in [0.25, 0.3) is 0 Å². The molecule has 0 atom stereocenters. The van der Waals surface area contributed by atoms with Gasteiger partial charge in [-0.25, -0.2) is 4.98 Å². The molecule has 4 rings (SSSR count). The fourth-order valence-electron chi connectivity index (χ4n) is 2.75. The van der Waals surface area contributed by atoms with Crippen LogP contribution < -0.4 is 0 Å². The first-order chi connectivity index (χ1) is 12.2. The van der Waals surface area contributed by atoms with Crippen LogP contribution in [0.25, 0.3) is 22.4 Å². The van der Waals surface area contributed by atoms with Crippen molar-refractivity contribution in [1.29, 1.82) is 0 Å². The van der Waals surface area contributed by atoms with Gasteiger partial charge in [0.2, 0.25) is 0 Å². The highest BCUT2D eigenvalue weighted by Crippen LogP contribution is 2.21. The Bertz CT molecular complexity index is 1090. The first kappa shape index (κ1) is 15.2. The fourth-order valence-corrected chi connectivity index (χ4v) is 2.75. The fraction of sp³-hybridized carbons (Fsp3) is 0.0870. The molecule has 2 heteroatoms. The number of benzene rings is 3. The molecule has 0 unspecified atom stereocenters. The van der Waals surface area contributed by atoms with E-state index in [1.165, 1.54) is 11.1 Å². The second kappa shape index (κ2) is 6.30. The first-order valence-electron chi connectivity index (χ1n) is 8.33. The van der Waals surface area contributed by atoms with Crippen LogP contribution in [0.15, 0.2) is 66.7 Å². The average Bonchev–Trinajstić information content (AvgIpc) is 3.05. The van der Waals surface area contributed by atoms with Crippen LogP contribution in [-0.4, -0.2) is 9.97 Å².